The van der Waals surface area contributed by atoms with Gasteiger partial charge in [-0.1, -0.05) is 68.8 Å². The molecule has 7 heteroatoms. The average Bonchev–Trinajstić information content (AvgIpc) is 3.39. The van der Waals surface area contributed by atoms with Crippen LogP contribution in [0.4, 0.5) is 4.79 Å². The van der Waals surface area contributed by atoms with E-state index in [9.17, 15) is 14.4 Å². The number of benzene rings is 2. The first-order valence-corrected chi connectivity index (χ1v) is 12.0. The normalized spacial score (nSPS) is 19.9. The molecular formula is C27H32N2O5. The summed E-state index contributed by atoms with van der Waals surface area (Å²) in [5.41, 5.74) is 4.63. The minimum atomic E-state index is -0.946. The molecule has 1 fully saturated rings. The summed E-state index contributed by atoms with van der Waals surface area (Å²) in [5, 5.41) is 14.9. The van der Waals surface area contributed by atoms with Crippen LogP contribution in [-0.4, -0.2) is 41.8 Å². The molecule has 0 saturated heterocycles. The van der Waals surface area contributed by atoms with E-state index in [1.54, 1.807) is 0 Å². The van der Waals surface area contributed by atoms with Crippen LogP contribution in [-0.2, 0) is 14.3 Å². The summed E-state index contributed by atoms with van der Waals surface area (Å²) in [4.78, 5) is 36.7. The molecule has 0 aromatic heterocycles. The van der Waals surface area contributed by atoms with Crippen LogP contribution in [0.25, 0.3) is 11.1 Å². The number of hydrogen-bond acceptors (Lipinski definition) is 4. The van der Waals surface area contributed by atoms with Crippen LogP contribution < -0.4 is 10.6 Å². The largest absolute Gasteiger partial charge is 0.481 e. The first-order valence-electron chi connectivity index (χ1n) is 12.0. The maximum atomic E-state index is 12.9. The monoisotopic (exact) mass is 464 g/mol. The third kappa shape index (κ3) is 5.08. The van der Waals surface area contributed by atoms with Crippen LogP contribution in [0.2, 0.25) is 0 Å². The summed E-state index contributed by atoms with van der Waals surface area (Å²) in [5.74, 6) is -1.57. The molecule has 3 N–H and O–H groups in total. The van der Waals surface area contributed by atoms with Crippen molar-refractivity contribution >= 4 is 18.0 Å². The second kappa shape index (κ2) is 10.3. The van der Waals surface area contributed by atoms with Crippen LogP contribution in [0, 0.1) is 11.8 Å². The Kier molecular flexibility index (Phi) is 7.20. The van der Waals surface area contributed by atoms with E-state index >= 15 is 0 Å². The molecule has 34 heavy (non-hydrogen) atoms. The van der Waals surface area contributed by atoms with Gasteiger partial charge in [0.15, 0.2) is 0 Å². The molecule has 0 bridgehead atoms. The summed E-state index contributed by atoms with van der Waals surface area (Å²) in [6, 6.07) is 15.6. The van der Waals surface area contributed by atoms with Gasteiger partial charge in [0.05, 0.1) is 12.3 Å². The van der Waals surface area contributed by atoms with Gasteiger partial charge in [-0.15, -0.1) is 0 Å². The number of amides is 2. The van der Waals surface area contributed by atoms with Crippen molar-refractivity contribution in [2.45, 2.75) is 57.5 Å². The Bertz CT molecular complexity index is 1020. The lowest BCUT2D eigenvalue weighted by molar-refractivity contribution is -0.138. The van der Waals surface area contributed by atoms with Gasteiger partial charge >= 0.3 is 12.1 Å². The van der Waals surface area contributed by atoms with Crippen molar-refractivity contribution in [3.05, 3.63) is 59.7 Å². The number of fused-ring (bicyclic) bond motifs is 3. The van der Waals surface area contributed by atoms with Crippen LogP contribution >= 0.6 is 0 Å². The van der Waals surface area contributed by atoms with Gasteiger partial charge in [-0.05, 0) is 41.0 Å². The van der Waals surface area contributed by atoms with Gasteiger partial charge in [0.1, 0.15) is 6.61 Å². The van der Waals surface area contributed by atoms with Crippen LogP contribution in [0.3, 0.4) is 0 Å². The predicted molar refractivity (Wildman–Crippen MR) is 128 cm³/mol. The van der Waals surface area contributed by atoms with E-state index in [4.69, 9.17) is 9.84 Å². The molecule has 0 spiro atoms. The summed E-state index contributed by atoms with van der Waals surface area (Å²) in [6.07, 6.45) is 1.50. The molecule has 7 nitrogen and oxygen atoms in total. The fourth-order valence-electron chi connectivity index (χ4n) is 5.17. The molecule has 2 aromatic rings. The molecule has 2 aliphatic rings. The summed E-state index contributed by atoms with van der Waals surface area (Å²) in [7, 11) is 0. The van der Waals surface area contributed by atoms with E-state index in [0.29, 0.717) is 12.8 Å². The summed E-state index contributed by atoms with van der Waals surface area (Å²) in [6.45, 7) is 3.99. The zero-order valence-electron chi connectivity index (χ0n) is 19.6. The lowest BCUT2D eigenvalue weighted by Gasteiger charge is -2.25. The number of alkyl carbamates (subject to hydrolysis) is 1. The molecule has 0 heterocycles. The van der Waals surface area contributed by atoms with E-state index in [1.807, 2.05) is 38.1 Å². The number of nitrogens with one attached hydrogen (secondary N) is 2. The molecule has 1 unspecified atom stereocenters. The highest BCUT2D eigenvalue weighted by molar-refractivity contribution is 5.82. The van der Waals surface area contributed by atoms with Crippen molar-refractivity contribution < 1.29 is 24.2 Å². The molecule has 2 aromatic carbocycles. The number of carboxylic acids is 1. The quantitative estimate of drug-likeness (QED) is 0.540. The molecule has 2 aliphatic carbocycles. The Morgan fingerprint density at radius 1 is 1.00 bits per heavy atom. The maximum Gasteiger partial charge on any atom is 0.407 e. The van der Waals surface area contributed by atoms with E-state index in [2.05, 4.69) is 34.9 Å². The molecule has 180 valence electrons. The molecule has 1 saturated carbocycles. The van der Waals surface area contributed by atoms with Crippen LogP contribution in [0.5, 0.6) is 0 Å². The molecule has 0 radical (unpaired) electrons. The summed E-state index contributed by atoms with van der Waals surface area (Å²) >= 11 is 0. The zero-order valence-corrected chi connectivity index (χ0v) is 19.6. The highest BCUT2D eigenvalue weighted by Gasteiger charge is 2.36. The lowest BCUT2D eigenvalue weighted by atomic mass is 9.97. The second-order valence-electron chi connectivity index (χ2n) is 9.57. The lowest BCUT2D eigenvalue weighted by Crippen LogP contribution is -2.48. The van der Waals surface area contributed by atoms with E-state index in [1.165, 1.54) is 11.1 Å². The van der Waals surface area contributed by atoms with Crippen molar-refractivity contribution in [1.82, 2.24) is 10.6 Å². The fraction of sp³-hybridized carbons (Fsp3) is 0.444. The Morgan fingerprint density at radius 3 is 2.21 bits per heavy atom. The number of hydrogen-bond donors (Lipinski definition) is 3. The Balaban J connectivity index is 1.36. The van der Waals surface area contributed by atoms with Gasteiger partial charge in [-0.3, -0.25) is 9.59 Å². The van der Waals surface area contributed by atoms with Gasteiger partial charge in [-0.2, -0.15) is 0 Å². The van der Waals surface area contributed by atoms with Crippen molar-refractivity contribution in [2.75, 3.05) is 6.61 Å². The predicted octanol–water partition coefficient (Wildman–Crippen LogP) is 4.31. The minimum absolute atomic E-state index is 0.00463. The van der Waals surface area contributed by atoms with Gasteiger partial charge < -0.3 is 20.5 Å². The van der Waals surface area contributed by atoms with Gasteiger partial charge in [0, 0.05) is 18.0 Å². The highest BCUT2D eigenvalue weighted by Crippen LogP contribution is 2.44. The Morgan fingerprint density at radius 2 is 1.62 bits per heavy atom. The fourth-order valence-corrected chi connectivity index (χ4v) is 5.17. The van der Waals surface area contributed by atoms with Crippen molar-refractivity contribution in [3.8, 4) is 11.1 Å². The standard InChI is InChI=1S/C27H32N2O5/c1-16(2)24(14-25(30)31)28-26(32)21-12-7-13-23(21)29-27(33)34-15-22-19-10-5-3-8-17(19)18-9-4-6-11-20(18)22/h3-6,8-11,16,21-24H,7,12-15H2,1-2H3,(H,28,32)(H,29,33)(H,30,31)/t21-,23+,24?/m1/s1. The van der Waals surface area contributed by atoms with E-state index in [0.717, 1.165) is 17.5 Å². The SMILES string of the molecule is CC(C)C(CC(=O)O)NC(=O)[C@@H]1CCC[C@@H]1NC(=O)OCC1c2ccccc2-c2ccccc21. The van der Waals surface area contributed by atoms with Crippen LogP contribution in [0.1, 0.15) is 56.6 Å². The Hall–Kier alpha value is -3.35. The smallest absolute Gasteiger partial charge is 0.407 e. The summed E-state index contributed by atoms with van der Waals surface area (Å²) < 4.78 is 5.64. The third-order valence-electron chi connectivity index (χ3n) is 7.03. The number of carbonyl (C=O) groups excluding carboxylic acids is 2. The van der Waals surface area contributed by atoms with Crippen molar-refractivity contribution in [3.63, 3.8) is 0 Å². The minimum Gasteiger partial charge on any atom is -0.481 e. The van der Waals surface area contributed by atoms with Gasteiger partial charge in [0.25, 0.3) is 0 Å². The molecule has 3 atom stereocenters. The number of ether oxygens (including phenoxy) is 1. The van der Waals surface area contributed by atoms with E-state index in [-0.39, 0.29) is 36.8 Å². The highest BCUT2D eigenvalue weighted by atomic mass is 16.5. The zero-order chi connectivity index (χ0) is 24.2. The maximum absolute atomic E-state index is 12.9. The number of carboxylic acid groups (broad SMARTS) is 1. The second-order valence-corrected chi connectivity index (χ2v) is 9.57. The third-order valence-corrected chi connectivity index (χ3v) is 7.03. The number of rotatable bonds is 8. The number of aliphatic carboxylic acids is 1. The molecular weight excluding hydrogens is 432 g/mol. The average molecular weight is 465 g/mol. The van der Waals surface area contributed by atoms with Crippen molar-refractivity contribution in [2.24, 2.45) is 11.8 Å². The first-order chi connectivity index (χ1) is 16.3. The topological polar surface area (TPSA) is 105 Å². The molecule has 0 aliphatic heterocycles. The molecule has 2 amide bonds. The van der Waals surface area contributed by atoms with Crippen molar-refractivity contribution in [1.29, 1.82) is 0 Å². The van der Waals surface area contributed by atoms with E-state index < -0.39 is 24.0 Å². The molecule has 4 rings (SSSR count). The first kappa shape index (κ1) is 23.8. The number of carbonyl (C=O) groups is 3. The van der Waals surface area contributed by atoms with Gasteiger partial charge in [-0.25, -0.2) is 4.79 Å². The van der Waals surface area contributed by atoms with Gasteiger partial charge in [0.2, 0.25) is 5.91 Å². The van der Waals surface area contributed by atoms with Crippen LogP contribution in [0.15, 0.2) is 48.5 Å². The Labute approximate surface area is 199 Å².